The summed E-state index contributed by atoms with van der Waals surface area (Å²) in [7, 11) is 0. The van der Waals surface area contributed by atoms with E-state index in [2.05, 4.69) is 18.7 Å². The molecule has 0 bridgehead atoms. The first-order valence-corrected chi connectivity index (χ1v) is 12.4. The van der Waals surface area contributed by atoms with Gasteiger partial charge < -0.3 is 15.9 Å². The maximum absolute atomic E-state index is 12.9. The fraction of sp³-hybridized carbons (Fsp3) is 0.345. The SMILES string of the molecule is CC(C)(CCC(C(N)=O)(c1ccccc1)c1ccccc1)N1CCCC1.Oc1cccc(O)c1Cl. The largest absolute Gasteiger partial charge is 0.506 e. The fourth-order valence-corrected chi connectivity index (χ4v) is 4.92. The first-order valence-electron chi connectivity index (χ1n) is 12.0. The zero-order chi connectivity index (χ0) is 25.5. The Balaban J connectivity index is 0.000000320. The number of carbonyl (C=O) groups is 1. The summed E-state index contributed by atoms with van der Waals surface area (Å²) in [5.41, 5.74) is 7.29. The van der Waals surface area contributed by atoms with Crippen LogP contribution in [0.2, 0.25) is 5.02 Å². The van der Waals surface area contributed by atoms with E-state index in [0.29, 0.717) is 6.42 Å². The summed E-state index contributed by atoms with van der Waals surface area (Å²) >= 11 is 5.38. The van der Waals surface area contributed by atoms with Gasteiger partial charge in [-0.2, -0.15) is 0 Å². The van der Waals surface area contributed by atoms with Crippen molar-refractivity contribution in [3.05, 3.63) is 95.0 Å². The van der Waals surface area contributed by atoms with Gasteiger partial charge in [0.2, 0.25) is 5.91 Å². The van der Waals surface area contributed by atoms with Crippen LogP contribution >= 0.6 is 11.6 Å². The monoisotopic (exact) mass is 494 g/mol. The summed E-state index contributed by atoms with van der Waals surface area (Å²) in [5.74, 6) is -0.472. The first-order chi connectivity index (χ1) is 16.7. The summed E-state index contributed by atoms with van der Waals surface area (Å²) in [6, 6.07) is 24.3. The van der Waals surface area contributed by atoms with Gasteiger partial charge in [-0.3, -0.25) is 9.69 Å². The minimum Gasteiger partial charge on any atom is -0.506 e. The lowest BCUT2D eigenvalue weighted by Gasteiger charge is -2.40. The van der Waals surface area contributed by atoms with E-state index in [9.17, 15) is 4.79 Å². The van der Waals surface area contributed by atoms with Gasteiger partial charge in [-0.1, -0.05) is 78.3 Å². The molecule has 1 amide bonds. The number of primary amides is 1. The highest BCUT2D eigenvalue weighted by molar-refractivity contribution is 6.33. The van der Waals surface area contributed by atoms with Gasteiger partial charge in [-0.25, -0.2) is 0 Å². The third-order valence-electron chi connectivity index (χ3n) is 6.99. The molecular weight excluding hydrogens is 460 g/mol. The molecule has 1 saturated heterocycles. The Morgan fingerprint density at radius 1 is 0.829 bits per heavy atom. The molecule has 1 aliphatic heterocycles. The number of aromatic hydroxyl groups is 2. The van der Waals surface area contributed by atoms with E-state index in [0.717, 1.165) is 30.6 Å². The summed E-state index contributed by atoms with van der Waals surface area (Å²) in [6.45, 7) is 6.88. The minimum atomic E-state index is -0.792. The van der Waals surface area contributed by atoms with Gasteiger partial charge in [0.1, 0.15) is 16.5 Å². The average molecular weight is 495 g/mol. The summed E-state index contributed by atoms with van der Waals surface area (Å²) in [4.78, 5) is 15.4. The molecule has 1 fully saturated rings. The molecule has 0 atom stereocenters. The van der Waals surface area contributed by atoms with Crippen LogP contribution in [-0.4, -0.2) is 39.6 Å². The standard InChI is InChI=1S/C23H30N2O.C6H5ClO2/c1-22(2,25-17-9-10-18-25)15-16-23(21(24)26,19-11-5-3-6-12-19)20-13-7-4-8-14-20;7-6-4(8)2-1-3-5(6)9/h3-8,11-14H,9-10,15-18H2,1-2H3,(H2,24,26);1-3,8-9H. The lowest BCUT2D eigenvalue weighted by molar-refractivity contribution is -0.122. The van der Waals surface area contributed by atoms with Gasteiger partial charge in [-0.05, 0) is 75.9 Å². The molecule has 35 heavy (non-hydrogen) atoms. The minimum absolute atomic E-state index is 0.00231. The van der Waals surface area contributed by atoms with E-state index in [1.165, 1.54) is 31.0 Å². The topological polar surface area (TPSA) is 86.8 Å². The van der Waals surface area contributed by atoms with Crippen LogP contribution in [0.15, 0.2) is 78.9 Å². The third kappa shape index (κ3) is 6.16. The molecule has 4 N–H and O–H groups in total. The van der Waals surface area contributed by atoms with Crippen molar-refractivity contribution in [2.45, 2.75) is 50.5 Å². The predicted molar refractivity (Wildman–Crippen MR) is 142 cm³/mol. The molecule has 0 saturated carbocycles. The van der Waals surface area contributed by atoms with Gasteiger partial charge in [0.25, 0.3) is 0 Å². The van der Waals surface area contributed by atoms with Crippen molar-refractivity contribution in [2.24, 2.45) is 5.73 Å². The highest BCUT2D eigenvalue weighted by Gasteiger charge is 2.42. The average Bonchev–Trinajstić information content (AvgIpc) is 3.41. The molecule has 186 valence electrons. The van der Waals surface area contributed by atoms with Gasteiger partial charge in [-0.15, -0.1) is 0 Å². The molecule has 0 unspecified atom stereocenters. The van der Waals surface area contributed by atoms with Crippen molar-refractivity contribution in [1.29, 1.82) is 0 Å². The number of phenols is 2. The van der Waals surface area contributed by atoms with Crippen LogP contribution in [0.1, 0.15) is 50.7 Å². The smallest absolute Gasteiger partial charge is 0.232 e. The van der Waals surface area contributed by atoms with E-state index in [4.69, 9.17) is 27.5 Å². The van der Waals surface area contributed by atoms with Gasteiger partial charge >= 0.3 is 0 Å². The summed E-state index contributed by atoms with van der Waals surface area (Å²) in [5, 5.41) is 17.6. The molecule has 0 spiro atoms. The normalized spacial score (nSPS) is 14.3. The Bertz CT molecular complexity index is 1040. The van der Waals surface area contributed by atoms with E-state index in [1.807, 2.05) is 60.7 Å². The van der Waals surface area contributed by atoms with Crippen LogP contribution in [0.4, 0.5) is 0 Å². The number of amides is 1. The number of benzene rings is 3. The number of hydrogen-bond donors (Lipinski definition) is 3. The summed E-state index contributed by atoms with van der Waals surface area (Å²) < 4.78 is 0. The second kappa shape index (κ2) is 11.6. The van der Waals surface area contributed by atoms with E-state index in [-0.39, 0.29) is 28.0 Å². The van der Waals surface area contributed by atoms with Crippen LogP contribution in [0, 0.1) is 0 Å². The van der Waals surface area contributed by atoms with E-state index < -0.39 is 5.41 Å². The van der Waals surface area contributed by atoms with E-state index in [1.54, 1.807) is 0 Å². The van der Waals surface area contributed by atoms with Gasteiger partial charge in [0.15, 0.2) is 0 Å². The number of likely N-dealkylation sites (tertiary alicyclic amines) is 1. The van der Waals surface area contributed by atoms with Crippen molar-refractivity contribution >= 4 is 17.5 Å². The zero-order valence-electron chi connectivity index (χ0n) is 20.5. The maximum Gasteiger partial charge on any atom is 0.232 e. The molecular formula is C29H35ClN2O3. The molecule has 1 heterocycles. The lowest BCUT2D eigenvalue weighted by atomic mass is 9.69. The Hall–Kier alpha value is -3.02. The molecule has 0 aliphatic carbocycles. The van der Waals surface area contributed by atoms with Gasteiger partial charge in [0, 0.05) is 5.54 Å². The molecule has 0 aromatic heterocycles. The zero-order valence-corrected chi connectivity index (χ0v) is 21.2. The third-order valence-corrected chi connectivity index (χ3v) is 7.37. The second-order valence-electron chi connectivity index (χ2n) is 9.62. The predicted octanol–water partition coefficient (Wildman–Crippen LogP) is 5.86. The Morgan fingerprint density at radius 3 is 1.69 bits per heavy atom. The molecule has 3 aromatic rings. The lowest BCUT2D eigenvalue weighted by Crippen LogP contribution is -2.47. The fourth-order valence-electron chi connectivity index (χ4n) is 4.79. The van der Waals surface area contributed by atoms with Gasteiger partial charge in [0.05, 0.1) is 5.41 Å². The van der Waals surface area contributed by atoms with Crippen LogP contribution < -0.4 is 5.73 Å². The number of nitrogens with two attached hydrogens (primary N) is 1. The van der Waals surface area contributed by atoms with Crippen LogP contribution in [0.3, 0.4) is 0 Å². The van der Waals surface area contributed by atoms with Crippen LogP contribution in [-0.2, 0) is 10.2 Å². The maximum atomic E-state index is 12.9. The molecule has 3 aromatic carbocycles. The second-order valence-corrected chi connectivity index (χ2v) is 10.00. The molecule has 1 aliphatic rings. The van der Waals surface area contributed by atoms with Crippen molar-refractivity contribution in [2.75, 3.05) is 13.1 Å². The molecule has 6 heteroatoms. The number of nitrogens with zero attached hydrogens (tertiary/aromatic N) is 1. The van der Waals surface area contributed by atoms with Crippen LogP contribution in [0.25, 0.3) is 0 Å². The van der Waals surface area contributed by atoms with Crippen LogP contribution in [0.5, 0.6) is 11.5 Å². The quantitative estimate of drug-likeness (QED) is 0.383. The highest BCUT2D eigenvalue weighted by Crippen LogP contribution is 2.39. The number of carbonyl (C=O) groups excluding carboxylic acids is 1. The number of hydrogen-bond acceptors (Lipinski definition) is 4. The summed E-state index contributed by atoms with van der Waals surface area (Å²) in [6.07, 6.45) is 4.16. The molecule has 0 radical (unpaired) electrons. The Labute approximate surface area is 213 Å². The van der Waals surface area contributed by atoms with Crippen molar-refractivity contribution < 1.29 is 15.0 Å². The molecule has 4 rings (SSSR count). The number of rotatable bonds is 7. The Kier molecular flexibility index (Phi) is 8.82. The van der Waals surface area contributed by atoms with E-state index >= 15 is 0 Å². The first kappa shape index (κ1) is 26.6. The highest BCUT2D eigenvalue weighted by atomic mass is 35.5. The number of halogens is 1. The van der Waals surface area contributed by atoms with Crippen molar-refractivity contribution in [3.63, 3.8) is 0 Å². The number of phenolic OH excluding ortho intramolecular Hbond substituents is 2. The van der Waals surface area contributed by atoms with Crippen molar-refractivity contribution in [1.82, 2.24) is 4.90 Å². The Morgan fingerprint density at radius 2 is 1.29 bits per heavy atom. The molecule has 5 nitrogen and oxygen atoms in total. The van der Waals surface area contributed by atoms with Crippen molar-refractivity contribution in [3.8, 4) is 11.5 Å².